The number of hydrogen-bond donors (Lipinski definition) is 1. The van der Waals surface area contributed by atoms with Gasteiger partial charge in [-0.15, -0.1) is 0 Å². The number of nitrogens with zero attached hydrogens (tertiary/aromatic N) is 2. The minimum absolute atomic E-state index is 0.175. The Bertz CT molecular complexity index is 785. The summed E-state index contributed by atoms with van der Waals surface area (Å²) >= 11 is 6.08. The Hall–Kier alpha value is -1.35. The highest BCUT2D eigenvalue weighted by molar-refractivity contribution is 7.89. The summed E-state index contributed by atoms with van der Waals surface area (Å²) in [6, 6.07) is 4.82. The Morgan fingerprint density at radius 1 is 1.15 bits per heavy atom. The van der Waals surface area contributed by atoms with Gasteiger partial charge in [0.2, 0.25) is 10.0 Å². The Labute approximate surface area is 164 Å². The molecule has 0 amide bonds. The van der Waals surface area contributed by atoms with Crippen LogP contribution in [0.4, 0.5) is 0 Å². The summed E-state index contributed by atoms with van der Waals surface area (Å²) in [6.07, 6.45) is 2.83. The molecule has 2 aliphatic heterocycles. The molecule has 1 aromatic rings. The quantitative estimate of drug-likeness (QED) is 0.792. The molecule has 2 heterocycles. The highest BCUT2D eigenvalue weighted by atomic mass is 35.5. The lowest BCUT2D eigenvalue weighted by atomic mass is 9.94. The van der Waals surface area contributed by atoms with E-state index in [1.807, 2.05) is 0 Å². The lowest BCUT2D eigenvalue weighted by Gasteiger charge is -2.40. The first-order chi connectivity index (χ1) is 12.8. The number of rotatable bonds is 5. The van der Waals surface area contributed by atoms with Crippen molar-refractivity contribution in [1.82, 2.24) is 9.21 Å². The molecular formula is C18H25ClN2O5S. The van der Waals surface area contributed by atoms with Crippen LogP contribution in [0.2, 0.25) is 5.02 Å². The average molecular weight is 417 g/mol. The molecule has 150 valence electrons. The van der Waals surface area contributed by atoms with Crippen LogP contribution in [0.1, 0.15) is 25.7 Å². The van der Waals surface area contributed by atoms with E-state index < -0.39 is 16.0 Å². The third-order valence-corrected chi connectivity index (χ3v) is 7.77. The number of aliphatic carboxylic acids is 1. The van der Waals surface area contributed by atoms with E-state index in [-0.39, 0.29) is 15.8 Å². The first-order valence-electron chi connectivity index (χ1n) is 9.13. The summed E-state index contributed by atoms with van der Waals surface area (Å²) in [5.41, 5.74) is 0. The molecule has 27 heavy (non-hydrogen) atoms. The van der Waals surface area contributed by atoms with Gasteiger partial charge >= 0.3 is 5.97 Å². The summed E-state index contributed by atoms with van der Waals surface area (Å²) in [4.78, 5) is 13.6. The van der Waals surface area contributed by atoms with Crippen LogP contribution in [0.15, 0.2) is 23.1 Å². The molecule has 0 atom stereocenters. The molecule has 1 aromatic carbocycles. The van der Waals surface area contributed by atoms with Crippen LogP contribution in [0.5, 0.6) is 5.75 Å². The molecule has 0 radical (unpaired) electrons. The number of piperidine rings is 2. The monoisotopic (exact) mass is 416 g/mol. The molecule has 0 saturated carbocycles. The Kier molecular flexibility index (Phi) is 6.30. The normalized spacial score (nSPS) is 21.3. The van der Waals surface area contributed by atoms with Gasteiger partial charge in [0.1, 0.15) is 5.75 Å². The zero-order valence-corrected chi connectivity index (χ0v) is 16.9. The SMILES string of the molecule is COc1ccc(S(=O)(=O)N2CCC(N3CCC(C(=O)O)CC3)CC2)cc1Cl. The molecule has 2 saturated heterocycles. The van der Waals surface area contributed by atoms with Crippen LogP contribution in [-0.4, -0.2) is 68.0 Å². The number of carboxylic acid groups (broad SMARTS) is 1. The van der Waals surface area contributed by atoms with Crippen molar-refractivity contribution in [2.45, 2.75) is 36.6 Å². The fourth-order valence-corrected chi connectivity index (χ4v) is 5.73. The number of carboxylic acids is 1. The molecular weight excluding hydrogens is 392 g/mol. The molecule has 7 nitrogen and oxygen atoms in total. The Balaban J connectivity index is 1.60. The molecule has 2 fully saturated rings. The zero-order valence-electron chi connectivity index (χ0n) is 15.3. The summed E-state index contributed by atoms with van der Waals surface area (Å²) in [7, 11) is -2.10. The smallest absolute Gasteiger partial charge is 0.306 e. The fraction of sp³-hybridized carbons (Fsp3) is 0.611. The lowest BCUT2D eigenvalue weighted by Crippen LogP contribution is -2.49. The second-order valence-corrected chi connectivity index (χ2v) is 9.43. The second-order valence-electron chi connectivity index (χ2n) is 7.08. The van der Waals surface area contributed by atoms with Crippen LogP contribution in [0, 0.1) is 5.92 Å². The van der Waals surface area contributed by atoms with Crippen LogP contribution in [0.25, 0.3) is 0 Å². The van der Waals surface area contributed by atoms with Crippen molar-refractivity contribution in [3.05, 3.63) is 23.2 Å². The number of ether oxygens (including phenoxy) is 1. The molecule has 0 aliphatic carbocycles. The minimum atomic E-state index is -3.59. The molecule has 3 rings (SSSR count). The zero-order chi connectivity index (χ0) is 19.6. The first-order valence-corrected chi connectivity index (χ1v) is 10.9. The van der Waals surface area contributed by atoms with E-state index in [4.69, 9.17) is 21.4 Å². The fourth-order valence-electron chi connectivity index (χ4n) is 3.92. The standard InChI is InChI=1S/C18H25ClN2O5S/c1-26-17-3-2-15(12-16(17)19)27(24,25)21-10-6-14(7-11-21)20-8-4-13(5-9-20)18(22)23/h2-3,12-14H,4-11H2,1H3,(H,22,23). The third kappa shape index (κ3) is 4.39. The summed E-state index contributed by atoms with van der Waals surface area (Å²) in [6.45, 7) is 2.44. The summed E-state index contributed by atoms with van der Waals surface area (Å²) in [5.74, 6) is -0.519. The van der Waals surface area contributed by atoms with Crippen LogP contribution in [0.3, 0.4) is 0 Å². The van der Waals surface area contributed by atoms with Gasteiger partial charge in [-0.1, -0.05) is 11.6 Å². The van der Waals surface area contributed by atoms with Crippen molar-refractivity contribution in [3.8, 4) is 5.75 Å². The van der Waals surface area contributed by atoms with E-state index >= 15 is 0 Å². The summed E-state index contributed by atoms with van der Waals surface area (Å²) in [5, 5.41) is 9.38. The number of hydrogen-bond acceptors (Lipinski definition) is 5. The average Bonchev–Trinajstić information content (AvgIpc) is 2.68. The van der Waals surface area contributed by atoms with E-state index in [0.29, 0.717) is 37.7 Å². The van der Waals surface area contributed by atoms with E-state index in [0.717, 1.165) is 25.9 Å². The highest BCUT2D eigenvalue weighted by Crippen LogP contribution is 2.30. The molecule has 9 heteroatoms. The largest absolute Gasteiger partial charge is 0.495 e. The Morgan fingerprint density at radius 3 is 2.30 bits per heavy atom. The molecule has 0 spiro atoms. The van der Waals surface area contributed by atoms with Gasteiger partial charge in [-0.05, 0) is 57.0 Å². The van der Waals surface area contributed by atoms with Gasteiger partial charge in [0.25, 0.3) is 0 Å². The van der Waals surface area contributed by atoms with Gasteiger partial charge in [0.15, 0.2) is 0 Å². The number of carbonyl (C=O) groups is 1. The van der Waals surface area contributed by atoms with Crippen LogP contribution in [-0.2, 0) is 14.8 Å². The third-order valence-electron chi connectivity index (χ3n) is 5.58. The topological polar surface area (TPSA) is 87.2 Å². The van der Waals surface area contributed by atoms with Crippen LogP contribution >= 0.6 is 11.6 Å². The van der Waals surface area contributed by atoms with Gasteiger partial charge in [0, 0.05) is 19.1 Å². The maximum absolute atomic E-state index is 12.9. The number of halogens is 1. The molecule has 0 aromatic heterocycles. The number of benzene rings is 1. The predicted molar refractivity (Wildman–Crippen MR) is 102 cm³/mol. The second kappa shape index (κ2) is 8.34. The van der Waals surface area contributed by atoms with Crippen molar-refractivity contribution in [2.75, 3.05) is 33.3 Å². The van der Waals surface area contributed by atoms with Crippen LogP contribution < -0.4 is 4.74 Å². The highest BCUT2D eigenvalue weighted by Gasteiger charge is 2.34. The first kappa shape index (κ1) is 20.4. The maximum Gasteiger partial charge on any atom is 0.306 e. The Morgan fingerprint density at radius 2 is 1.78 bits per heavy atom. The summed E-state index contributed by atoms with van der Waals surface area (Å²) < 4.78 is 32.4. The van der Waals surface area contributed by atoms with Gasteiger partial charge in [-0.25, -0.2) is 8.42 Å². The molecule has 0 unspecified atom stereocenters. The number of sulfonamides is 1. The van der Waals surface area contributed by atoms with Crippen molar-refractivity contribution in [1.29, 1.82) is 0 Å². The van der Waals surface area contributed by atoms with Gasteiger partial charge in [-0.2, -0.15) is 4.31 Å². The van der Waals surface area contributed by atoms with E-state index in [2.05, 4.69) is 4.90 Å². The van der Waals surface area contributed by atoms with Crippen molar-refractivity contribution >= 4 is 27.6 Å². The van der Waals surface area contributed by atoms with Gasteiger partial charge in [0.05, 0.1) is 22.9 Å². The van der Waals surface area contributed by atoms with Crippen molar-refractivity contribution in [3.63, 3.8) is 0 Å². The number of likely N-dealkylation sites (tertiary alicyclic amines) is 1. The van der Waals surface area contributed by atoms with Crippen molar-refractivity contribution < 1.29 is 23.1 Å². The maximum atomic E-state index is 12.9. The van der Waals surface area contributed by atoms with Gasteiger partial charge < -0.3 is 14.7 Å². The number of methoxy groups -OCH3 is 1. The molecule has 0 bridgehead atoms. The van der Waals surface area contributed by atoms with E-state index in [1.165, 1.54) is 23.5 Å². The van der Waals surface area contributed by atoms with E-state index in [1.54, 1.807) is 6.07 Å². The minimum Gasteiger partial charge on any atom is -0.495 e. The molecule has 2 aliphatic rings. The van der Waals surface area contributed by atoms with Gasteiger partial charge in [-0.3, -0.25) is 4.79 Å². The lowest BCUT2D eigenvalue weighted by molar-refractivity contribution is -0.143. The van der Waals surface area contributed by atoms with Crippen molar-refractivity contribution in [2.24, 2.45) is 5.92 Å². The predicted octanol–water partition coefficient (Wildman–Crippen LogP) is 2.30. The molecule has 1 N–H and O–H groups in total. The van der Waals surface area contributed by atoms with E-state index in [9.17, 15) is 13.2 Å².